The minimum atomic E-state index is -0.0929. The summed E-state index contributed by atoms with van der Waals surface area (Å²) in [6.45, 7) is 6.13. The van der Waals surface area contributed by atoms with Crippen LogP contribution in [0, 0.1) is 5.92 Å². The molecule has 2 heterocycles. The van der Waals surface area contributed by atoms with Crippen LogP contribution in [0.1, 0.15) is 39.0 Å². The molecule has 0 aliphatic carbocycles. The molecule has 0 unspecified atom stereocenters. The Morgan fingerprint density at radius 2 is 1.54 bits per heavy atom. The van der Waals surface area contributed by atoms with Crippen LogP contribution in [-0.4, -0.2) is 73.3 Å². The fraction of sp³-hybridized carbons (Fsp3) is 0.824. The molecule has 2 N–H and O–H groups in total. The van der Waals surface area contributed by atoms with Gasteiger partial charge in [0.1, 0.15) is 0 Å². The van der Waals surface area contributed by atoms with Crippen molar-refractivity contribution in [1.82, 2.24) is 20.4 Å². The van der Waals surface area contributed by atoms with Gasteiger partial charge in [0.25, 0.3) is 0 Å². The van der Waals surface area contributed by atoms with Crippen molar-refractivity contribution >= 4 is 17.7 Å². The number of likely N-dealkylation sites (tertiary alicyclic amines) is 2. The van der Waals surface area contributed by atoms with Crippen molar-refractivity contribution in [2.45, 2.75) is 39.0 Å². The Kier molecular flexibility index (Phi) is 7.49. The summed E-state index contributed by atoms with van der Waals surface area (Å²) in [6, 6.07) is 0. The lowest BCUT2D eigenvalue weighted by molar-refractivity contribution is -0.138. The van der Waals surface area contributed by atoms with E-state index in [-0.39, 0.29) is 17.7 Å². The van der Waals surface area contributed by atoms with E-state index in [2.05, 4.69) is 15.5 Å². The van der Waals surface area contributed by atoms with E-state index in [0.29, 0.717) is 25.5 Å². The van der Waals surface area contributed by atoms with E-state index in [1.807, 2.05) is 4.90 Å². The van der Waals surface area contributed by atoms with E-state index in [1.165, 1.54) is 13.3 Å². The van der Waals surface area contributed by atoms with Crippen LogP contribution in [0.15, 0.2) is 0 Å². The molecule has 0 aromatic rings. The van der Waals surface area contributed by atoms with Gasteiger partial charge in [0, 0.05) is 39.0 Å². The van der Waals surface area contributed by atoms with Crippen molar-refractivity contribution in [3.05, 3.63) is 0 Å². The van der Waals surface area contributed by atoms with Gasteiger partial charge in [-0.3, -0.25) is 19.3 Å². The van der Waals surface area contributed by atoms with Crippen LogP contribution in [-0.2, 0) is 14.4 Å². The first kappa shape index (κ1) is 18.7. The van der Waals surface area contributed by atoms with Crippen LogP contribution in [0.5, 0.6) is 0 Å². The van der Waals surface area contributed by atoms with Crippen LogP contribution >= 0.6 is 0 Å². The Morgan fingerprint density at radius 1 is 0.917 bits per heavy atom. The molecule has 24 heavy (non-hydrogen) atoms. The quantitative estimate of drug-likeness (QED) is 0.666. The van der Waals surface area contributed by atoms with E-state index in [0.717, 1.165) is 51.9 Å². The summed E-state index contributed by atoms with van der Waals surface area (Å²) >= 11 is 0. The first-order valence-electron chi connectivity index (χ1n) is 9.08. The molecular formula is C17H30N4O3. The number of carbonyl (C=O) groups is 3. The Morgan fingerprint density at radius 3 is 2.17 bits per heavy atom. The fourth-order valence-corrected chi connectivity index (χ4v) is 3.41. The van der Waals surface area contributed by atoms with Crippen molar-refractivity contribution < 1.29 is 14.4 Å². The predicted octanol–water partition coefficient (Wildman–Crippen LogP) is -0.0368. The Balaban J connectivity index is 1.62. The summed E-state index contributed by atoms with van der Waals surface area (Å²) in [5.41, 5.74) is 0. The van der Waals surface area contributed by atoms with Crippen LogP contribution in [0.3, 0.4) is 0 Å². The summed E-state index contributed by atoms with van der Waals surface area (Å²) in [4.78, 5) is 39.3. The average Bonchev–Trinajstić information content (AvgIpc) is 2.59. The smallest absolute Gasteiger partial charge is 0.234 e. The van der Waals surface area contributed by atoms with E-state index in [4.69, 9.17) is 0 Å². The van der Waals surface area contributed by atoms with Crippen LogP contribution in [0.2, 0.25) is 0 Å². The number of piperidine rings is 2. The monoisotopic (exact) mass is 338 g/mol. The molecule has 2 aliphatic heterocycles. The summed E-state index contributed by atoms with van der Waals surface area (Å²) in [5, 5.41) is 5.45. The minimum absolute atomic E-state index is 0.0267. The number of carbonyl (C=O) groups excluding carboxylic acids is 3. The maximum atomic E-state index is 12.5. The molecule has 2 aliphatic rings. The Bertz CT molecular complexity index is 441. The van der Waals surface area contributed by atoms with Gasteiger partial charge in [0.05, 0.1) is 6.54 Å². The minimum Gasteiger partial charge on any atom is -0.355 e. The Labute approximate surface area is 144 Å². The zero-order valence-electron chi connectivity index (χ0n) is 14.7. The maximum Gasteiger partial charge on any atom is 0.234 e. The first-order valence-corrected chi connectivity index (χ1v) is 9.08. The molecular weight excluding hydrogens is 308 g/mol. The molecule has 2 fully saturated rings. The highest BCUT2D eigenvalue weighted by Crippen LogP contribution is 2.21. The molecule has 0 atom stereocenters. The van der Waals surface area contributed by atoms with Crippen LogP contribution in [0.25, 0.3) is 0 Å². The molecule has 2 saturated heterocycles. The molecule has 0 bridgehead atoms. The highest BCUT2D eigenvalue weighted by atomic mass is 16.2. The van der Waals surface area contributed by atoms with Gasteiger partial charge in [-0.15, -0.1) is 0 Å². The molecule has 0 radical (unpaired) electrons. The maximum absolute atomic E-state index is 12.5. The van der Waals surface area contributed by atoms with Crippen molar-refractivity contribution in [3.8, 4) is 0 Å². The SMILES string of the molecule is CC(=O)NCCNC(=O)CN1CCC(C(=O)N2CCCCC2)CC1. The topological polar surface area (TPSA) is 81.8 Å². The van der Waals surface area contributed by atoms with Gasteiger partial charge in [-0.05, 0) is 45.2 Å². The van der Waals surface area contributed by atoms with Crippen LogP contribution < -0.4 is 10.6 Å². The molecule has 2 rings (SSSR count). The molecule has 7 nitrogen and oxygen atoms in total. The van der Waals surface area contributed by atoms with Gasteiger partial charge in [0.15, 0.2) is 0 Å². The van der Waals surface area contributed by atoms with E-state index in [9.17, 15) is 14.4 Å². The largest absolute Gasteiger partial charge is 0.355 e. The second kappa shape index (κ2) is 9.61. The van der Waals surface area contributed by atoms with E-state index < -0.39 is 0 Å². The van der Waals surface area contributed by atoms with Crippen molar-refractivity contribution in [1.29, 1.82) is 0 Å². The normalized spacial score (nSPS) is 19.8. The van der Waals surface area contributed by atoms with Gasteiger partial charge in [0.2, 0.25) is 17.7 Å². The molecule has 0 aromatic carbocycles. The lowest BCUT2D eigenvalue weighted by Crippen LogP contribution is -2.47. The second-order valence-electron chi connectivity index (χ2n) is 6.77. The van der Waals surface area contributed by atoms with Gasteiger partial charge >= 0.3 is 0 Å². The van der Waals surface area contributed by atoms with Crippen LogP contribution in [0.4, 0.5) is 0 Å². The van der Waals surface area contributed by atoms with Gasteiger partial charge in [-0.2, -0.15) is 0 Å². The molecule has 0 spiro atoms. The molecule has 7 heteroatoms. The summed E-state index contributed by atoms with van der Waals surface area (Å²) in [6.07, 6.45) is 5.18. The first-order chi connectivity index (χ1) is 11.6. The Hall–Kier alpha value is -1.63. The van der Waals surface area contributed by atoms with Gasteiger partial charge in [-0.25, -0.2) is 0 Å². The lowest BCUT2D eigenvalue weighted by Gasteiger charge is -2.35. The third-order valence-corrected chi connectivity index (χ3v) is 4.79. The zero-order valence-corrected chi connectivity index (χ0v) is 14.7. The van der Waals surface area contributed by atoms with Gasteiger partial charge in [-0.1, -0.05) is 0 Å². The third kappa shape index (κ3) is 6.11. The highest BCUT2D eigenvalue weighted by molar-refractivity contribution is 5.79. The van der Waals surface area contributed by atoms with Crippen molar-refractivity contribution in [2.24, 2.45) is 5.92 Å². The highest BCUT2D eigenvalue weighted by Gasteiger charge is 2.29. The summed E-state index contributed by atoms with van der Waals surface area (Å²) < 4.78 is 0. The number of hydrogen-bond donors (Lipinski definition) is 2. The number of nitrogens with one attached hydrogen (secondary N) is 2. The zero-order chi connectivity index (χ0) is 17.4. The van der Waals surface area contributed by atoms with Gasteiger partial charge < -0.3 is 15.5 Å². The summed E-state index contributed by atoms with van der Waals surface area (Å²) in [5.74, 6) is 0.321. The predicted molar refractivity (Wildman–Crippen MR) is 91.3 cm³/mol. The number of nitrogens with zero attached hydrogens (tertiary/aromatic N) is 2. The van der Waals surface area contributed by atoms with Crippen molar-refractivity contribution in [2.75, 3.05) is 45.8 Å². The van der Waals surface area contributed by atoms with E-state index >= 15 is 0 Å². The lowest BCUT2D eigenvalue weighted by atomic mass is 9.94. The number of amides is 3. The third-order valence-electron chi connectivity index (χ3n) is 4.79. The number of hydrogen-bond acceptors (Lipinski definition) is 4. The standard InChI is InChI=1S/C17H30N4O3/c1-14(22)18-7-8-19-16(23)13-20-11-5-15(6-12-20)17(24)21-9-3-2-4-10-21/h15H,2-13H2,1H3,(H,18,22)(H,19,23). The second-order valence-corrected chi connectivity index (χ2v) is 6.77. The van der Waals surface area contributed by atoms with E-state index in [1.54, 1.807) is 0 Å². The van der Waals surface area contributed by atoms with Crippen molar-refractivity contribution in [3.63, 3.8) is 0 Å². The fourth-order valence-electron chi connectivity index (χ4n) is 3.41. The molecule has 0 aromatic heterocycles. The average molecular weight is 338 g/mol. The molecule has 0 saturated carbocycles. The molecule has 3 amide bonds. The number of rotatable bonds is 6. The summed E-state index contributed by atoms with van der Waals surface area (Å²) in [7, 11) is 0. The molecule has 136 valence electrons.